The molecular formula is C19H16O8. The zero-order valence-corrected chi connectivity index (χ0v) is 14.8. The van der Waals surface area contributed by atoms with Gasteiger partial charge in [-0.15, -0.1) is 0 Å². The number of hydrogen-bond acceptors (Lipinski definition) is 8. The van der Waals surface area contributed by atoms with Crippen LogP contribution in [0.2, 0.25) is 0 Å². The lowest BCUT2D eigenvalue weighted by atomic mass is 10.1. The maximum Gasteiger partial charge on any atom is 0.239 e. The molecule has 0 fully saturated rings. The first-order chi connectivity index (χ1) is 13.1. The van der Waals surface area contributed by atoms with Crippen molar-refractivity contribution in [3.05, 3.63) is 34.5 Å². The lowest BCUT2D eigenvalue weighted by Crippen LogP contribution is -2.09. The normalized spacial score (nSPS) is 12.3. The van der Waals surface area contributed by atoms with Crippen molar-refractivity contribution in [2.24, 2.45) is 0 Å². The smallest absolute Gasteiger partial charge is 0.239 e. The van der Waals surface area contributed by atoms with E-state index < -0.39 is 5.43 Å². The molecule has 1 N–H and O–H groups in total. The fourth-order valence-electron chi connectivity index (χ4n) is 3.00. The third kappa shape index (κ3) is 2.49. The van der Waals surface area contributed by atoms with Gasteiger partial charge in [-0.05, 0) is 18.2 Å². The number of phenols is 1. The third-order valence-corrected chi connectivity index (χ3v) is 4.31. The minimum absolute atomic E-state index is 0.0630. The number of fused-ring (bicyclic) bond motifs is 2. The van der Waals surface area contributed by atoms with Crippen molar-refractivity contribution in [2.75, 3.05) is 28.1 Å². The largest absolute Gasteiger partial charge is 0.504 e. The Morgan fingerprint density at radius 3 is 2.41 bits per heavy atom. The summed E-state index contributed by atoms with van der Waals surface area (Å²) in [5.41, 5.74) is 0.0721. The Morgan fingerprint density at radius 2 is 1.70 bits per heavy atom. The number of aromatic hydroxyl groups is 1. The second-order valence-electron chi connectivity index (χ2n) is 5.70. The molecule has 1 aliphatic heterocycles. The summed E-state index contributed by atoms with van der Waals surface area (Å²) in [5.74, 6) is 1.22. The van der Waals surface area contributed by atoms with Crippen molar-refractivity contribution in [3.8, 4) is 45.8 Å². The van der Waals surface area contributed by atoms with Crippen LogP contribution in [0.1, 0.15) is 0 Å². The fourth-order valence-corrected chi connectivity index (χ4v) is 3.00. The molecule has 27 heavy (non-hydrogen) atoms. The number of benzene rings is 2. The van der Waals surface area contributed by atoms with Crippen LogP contribution < -0.4 is 29.1 Å². The fraction of sp³-hybridized carbons (Fsp3) is 0.211. The van der Waals surface area contributed by atoms with Gasteiger partial charge in [0.1, 0.15) is 5.39 Å². The summed E-state index contributed by atoms with van der Waals surface area (Å²) in [4.78, 5) is 13.0. The lowest BCUT2D eigenvalue weighted by molar-refractivity contribution is 0.174. The first-order valence-electron chi connectivity index (χ1n) is 7.97. The van der Waals surface area contributed by atoms with E-state index in [0.717, 1.165) is 0 Å². The van der Waals surface area contributed by atoms with Crippen molar-refractivity contribution >= 4 is 11.0 Å². The summed E-state index contributed by atoms with van der Waals surface area (Å²) >= 11 is 0. The van der Waals surface area contributed by atoms with E-state index in [1.54, 1.807) is 18.2 Å². The minimum Gasteiger partial charge on any atom is -0.504 e. The molecule has 8 heteroatoms. The molecule has 1 aromatic heterocycles. The summed E-state index contributed by atoms with van der Waals surface area (Å²) in [5, 5.41) is 10.3. The van der Waals surface area contributed by atoms with Crippen LogP contribution in [0.3, 0.4) is 0 Å². The molecule has 0 amide bonds. The summed E-state index contributed by atoms with van der Waals surface area (Å²) in [6, 6.07) is 6.56. The molecule has 0 radical (unpaired) electrons. The topological polar surface area (TPSA) is 96.6 Å². The standard InChI is InChI=1S/C19H16O8/c1-22-12-7-13(23-2)18-14(15(12)20)16(21)19(24-3)17(27-18)9-4-5-10-11(6-9)26-8-25-10/h4-7,20H,8H2,1-3H3. The molecule has 140 valence electrons. The van der Waals surface area contributed by atoms with Gasteiger partial charge in [0.2, 0.25) is 18.0 Å². The van der Waals surface area contributed by atoms with Crippen LogP contribution in [-0.4, -0.2) is 33.2 Å². The van der Waals surface area contributed by atoms with Gasteiger partial charge in [0.05, 0.1) is 21.3 Å². The molecule has 0 unspecified atom stereocenters. The Hall–Kier alpha value is -3.55. The van der Waals surface area contributed by atoms with Crippen LogP contribution in [0, 0.1) is 0 Å². The van der Waals surface area contributed by atoms with Crippen molar-refractivity contribution in [1.82, 2.24) is 0 Å². The highest BCUT2D eigenvalue weighted by molar-refractivity contribution is 5.93. The SMILES string of the molecule is COc1cc(OC)c2oc(-c3ccc4c(c3)OCO4)c(OC)c(=O)c2c1O. The highest BCUT2D eigenvalue weighted by Gasteiger charge is 2.25. The predicted molar refractivity (Wildman–Crippen MR) is 95.4 cm³/mol. The molecule has 2 aromatic carbocycles. The molecule has 2 heterocycles. The Morgan fingerprint density at radius 1 is 0.963 bits per heavy atom. The molecule has 0 saturated heterocycles. The predicted octanol–water partition coefficient (Wildman–Crippen LogP) is 2.92. The van der Waals surface area contributed by atoms with Crippen LogP contribution in [-0.2, 0) is 0 Å². The quantitative estimate of drug-likeness (QED) is 0.747. The highest BCUT2D eigenvalue weighted by Crippen LogP contribution is 2.44. The van der Waals surface area contributed by atoms with Gasteiger partial charge in [-0.2, -0.15) is 0 Å². The van der Waals surface area contributed by atoms with E-state index in [9.17, 15) is 9.90 Å². The van der Waals surface area contributed by atoms with Gasteiger partial charge in [-0.1, -0.05) is 0 Å². The second-order valence-corrected chi connectivity index (χ2v) is 5.70. The van der Waals surface area contributed by atoms with Crippen LogP contribution in [0.25, 0.3) is 22.3 Å². The highest BCUT2D eigenvalue weighted by atomic mass is 16.7. The summed E-state index contributed by atoms with van der Waals surface area (Å²) < 4.78 is 32.3. The first-order valence-corrected chi connectivity index (χ1v) is 7.97. The summed E-state index contributed by atoms with van der Waals surface area (Å²) in [6.45, 7) is 0.124. The van der Waals surface area contributed by atoms with E-state index >= 15 is 0 Å². The summed E-state index contributed by atoms with van der Waals surface area (Å²) in [7, 11) is 4.15. The van der Waals surface area contributed by atoms with Gasteiger partial charge in [0.15, 0.2) is 40.1 Å². The molecule has 0 atom stereocenters. The summed E-state index contributed by atoms with van der Waals surface area (Å²) in [6.07, 6.45) is 0. The van der Waals surface area contributed by atoms with E-state index in [1.807, 2.05) is 0 Å². The van der Waals surface area contributed by atoms with Crippen LogP contribution in [0.4, 0.5) is 0 Å². The maximum absolute atomic E-state index is 13.0. The molecule has 0 spiro atoms. The van der Waals surface area contributed by atoms with E-state index in [1.165, 1.54) is 27.4 Å². The first kappa shape index (κ1) is 16.9. The van der Waals surface area contributed by atoms with Crippen molar-refractivity contribution in [2.45, 2.75) is 0 Å². The van der Waals surface area contributed by atoms with Gasteiger partial charge in [-0.3, -0.25) is 4.79 Å². The van der Waals surface area contributed by atoms with Crippen LogP contribution in [0.5, 0.6) is 34.5 Å². The maximum atomic E-state index is 13.0. The van der Waals surface area contributed by atoms with Crippen molar-refractivity contribution in [3.63, 3.8) is 0 Å². The number of methoxy groups -OCH3 is 3. The van der Waals surface area contributed by atoms with Crippen LogP contribution in [0.15, 0.2) is 33.5 Å². The number of rotatable bonds is 4. The minimum atomic E-state index is -0.555. The molecule has 0 aliphatic carbocycles. The van der Waals surface area contributed by atoms with Crippen molar-refractivity contribution < 1.29 is 33.2 Å². The Labute approximate surface area is 153 Å². The van der Waals surface area contributed by atoms with Gasteiger partial charge in [0, 0.05) is 11.6 Å². The Kier molecular flexibility index (Phi) is 3.95. The molecule has 0 bridgehead atoms. The van der Waals surface area contributed by atoms with Gasteiger partial charge < -0.3 is 33.2 Å². The Bertz CT molecular complexity index is 1100. The zero-order valence-electron chi connectivity index (χ0n) is 14.8. The third-order valence-electron chi connectivity index (χ3n) is 4.31. The average Bonchev–Trinajstić information content (AvgIpc) is 3.15. The van der Waals surface area contributed by atoms with E-state index in [0.29, 0.717) is 17.1 Å². The van der Waals surface area contributed by atoms with Crippen LogP contribution >= 0.6 is 0 Å². The van der Waals surface area contributed by atoms with E-state index in [2.05, 4.69) is 0 Å². The van der Waals surface area contributed by atoms with Gasteiger partial charge in [-0.25, -0.2) is 0 Å². The molecular weight excluding hydrogens is 356 g/mol. The number of hydrogen-bond donors (Lipinski definition) is 1. The zero-order chi connectivity index (χ0) is 19.1. The molecule has 8 nitrogen and oxygen atoms in total. The van der Waals surface area contributed by atoms with E-state index in [4.69, 9.17) is 28.1 Å². The number of phenolic OH excluding ortho intramolecular Hbond substituents is 1. The Balaban J connectivity index is 2.06. The van der Waals surface area contributed by atoms with Crippen molar-refractivity contribution in [1.29, 1.82) is 0 Å². The number of ether oxygens (including phenoxy) is 5. The van der Waals surface area contributed by atoms with Gasteiger partial charge >= 0.3 is 0 Å². The molecule has 4 rings (SSSR count). The molecule has 3 aromatic rings. The van der Waals surface area contributed by atoms with E-state index in [-0.39, 0.29) is 46.5 Å². The molecule has 1 aliphatic rings. The average molecular weight is 372 g/mol. The monoisotopic (exact) mass is 372 g/mol. The van der Waals surface area contributed by atoms with Gasteiger partial charge in [0.25, 0.3) is 0 Å². The second kappa shape index (κ2) is 6.31. The molecule has 0 saturated carbocycles. The lowest BCUT2D eigenvalue weighted by Gasteiger charge is -2.14.